The molecule has 2 aromatic heterocycles. The number of H-pyrrole nitrogens is 1. The van der Waals surface area contributed by atoms with Crippen molar-refractivity contribution in [2.45, 2.75) is 5.16 Å². The number of hydrogen-bond donors (Lipinski definition) is 3. The van der Waals surface area contributed by atoms with Crippen LogP contribution in [0.3, 0.4) is 0 Å². The van der Waals surface area contributed by atoms with E-state index >= 15 is 0 Å². The third kappa shape index (κ3) is 12.4. The molecule has 2 heterocycles. The summed E-state index contributed by atoms with van der Waals surface area (Å²) in [5.74, 6) is 1.00. The molecule has 8 rings (SSSR count). The molecule has 0 saturated heterocycles. The highest BCUT2D eigenvalue weighted by atomic mass is 35.5. The van der Waals surface area contributed by atoms with Crippen LogP contribution in [0.1, 0.15) is 0 Å². The van der Waals surface area contributed by atoms with E-state index in [9.17, 15) is 29.4 Å². The van der Waals surface area contributed by atoms with Crippen molar-refractivity contribution in [3.05, 3.63) is 126 Å². The van der Waals surface area contributed by atoms with Crippen LogP contribution in [-0.4, -0.2) is 139 Å². The Hall–Kier alpha value is -8.01. The van der Waals surface area contributed by atoms with Gasteiger partial charge in [-0.15, -0.1) is 10.2 Å². The van der Waals surface area contributed by atoms with Crippen LogP contribution in [-0.2, 0) is 0 Å². The normalized spacial score (nSPS) is 10.4. The topological polar surface area (TPSA) is 204 Å². The van der Waals surface area contributed by atoms with Gasteiger partial charge in [-0.25, -0.2) is 9.59 Å². The van der Waals surface area contributed by atoms with Crippen molar-refractivity contribution in [3.8, 4) is 57.1 Å². The summed E-state index contributed by atoms with van der Waals surface area (Å²) in [4.78, 5) is 52.5. The number of rotatable bonds is 7. The first kappa shape index (κ1) is 53.0. The van der Waals surface area contributed by atoms with Crippen molar-refractivity contribution in [2.24, 2.45) is 0 Å². The number of phenolic OH excluding ortho intramolecular Hbond substituents is 2. The van der Waals surface area contributed by atoms with Crippen molar-refractivity contribution >= 4 is 79.9 Å². The average molecular weight is 1010 g/mol. The average Bonchev–Trinajstić information content (AvgIpc) is 3.91. The Morgan fingerprint density at radius 2 is 1.16 bits per heavy atom. The van der Waals surface area contributed by atoms with Crippen LogP contribution in [0.5, 0.6) is 23.0 Å². The van der Waals surface area contributed by atoms with Crippen LogP contribution >= 0.6 is 35.6 Å². The molecule has 4 amide bonds. The van der Waals surface area contributed by atoms with Crippen molar-refractivity contribution in [2.75, 3.05) is 56.4 Å². The van der Waals surface area contributed by atoms with E-state index in [1.807, 2.05) is 84.9 Å². The van der Waals surface area contributed by atoms with Crippen molar-refractivity contribution in [3.63, 3.8) is 0 Å². The lowest BCUT2D eigenvalue weighted by molar-refractivity contribution is 0.170. The molecule has 0 fully saturated rings. The van der Waals surface area contributed by atoms with Crippen LogP contribution in [0, 0.1) is 4.77 Å². The number of aromatic hydroxyl groups is 2. The number of halogens is 2. The second kappa shape index (κ2) is 23.3. The summed E-state index contributed by atoms with van der Waals surface area (Å²) in [7, 11) is 12.7. The van der Waals surface area contributed by atoms with Gasteiger partial charge in [0.1, 0.15) is 23.0 Å². The van der Waals surface area contributed by atoms with E-state index in [0.717, 1.165) is 44.7 Å². The minimum absolute atomic E-state index is 0. The van der Waals surface area contributed by atoms with Crippen molar-refractivity contribution in [1.29, 1.82) is 0 Å². The van der Waals surface area contributed by atoms with E-state index in [0.29, 0.717) is 32.7 Å². The van der Waals surface area contributed by atoms with Crippen molar-refractivity contribution < 1.29 is 43.6 Å². The number of amides is 4. The van der Waals surface area contributed by atoms with Crippen LogP contribution in [0.15, 0.2) is 126 Å². The molecule has 0 aliphatic carbocycles. The molecular formula is C48H48ClFN10O8S2. The monoisotopic (exact) mass is 1010 g/mol. The minimum Gasteiger partial charge on any atom is -0.508 e. The largest absolute Gasteiger partial charge is 0.508 e. The molecule has 6 aromatic carbocycles. The quantitative estimate of drug-likeness (QED) is 0.0589. The molecule has 3 N–H and O–H groups in total. The van der Waals surface area contributed by atoms with Crippen LogP contribution in [0.4, 0.5) is 23.9 Å². The Morgan fingerprint density at radius 1 is 0.629 bits per heavy atom. The second-order valence-corrected chi connectivity index (χ2v) is 17.2. The Morgan fingerprint density at radius 3 is 1.70 bits per heavy atom. The first-order chi connectivity index (χ1) is 32.9. The molecule has 0 unspecified atom stereocenters. The molecule has 18 nitrogen and oxygen atoms in total. The standard InChI is InChI=1S/C27H28N6O5S.C18H13N3O2S.C3H6ClNO.FH/c1-30(2)25(34)37-18-14-15-20(22(16-18)38-26(35)31(3)4)23-28-29-24(39-27(36)32(5)6)33(23)21-13-9-11-17-10-7-8-12-19(17)21;22-12-8-9-14(16(23)10-12)17-19-20-18(24)21(17)15-7-3-5-11-4-1-2-6-13(11)15;1-5(2)3(4)6;/h7-16H,1-6H3;1-10,22-23H,(H,20,24);1-2H3;1H. The number of thioether (sulfide) groups is 1. The number of ether oxygens (including phenoxy) is 2. The SMILES string of the molecule is CN(C)C(=O)Cl.CN(C)C(=O)Oc1ccc(-c2nnc(SC(=O)N(C)C)n2-c2cccc3ccccc23)c(OC(=O)N(C)C)c1.F.Oc1ccc(-c2n[nH]c(=S)n2-c2cccc3ccccc23)c(O)c1. The lowest BCUT2D eigenvalue weighted by Gasteiger charge is -2.17. The zero-order valence-electron chi connectivity index (χ0n) is 39.0. The summed E-state index contributed by atoms with van der Waals surface area (Å²) in [6.45, 7) is 0. The number of carbonyl (C=O) groups excluding carboxylic acids is 4. The maximum atomic E-state index is 12.7. The first-order valence-corrected chi connectivity index (χ1v) is 22.3. The molecular weight excluding hydrogens is 963 g/mol. The fourth-order valence-corrected chi connectivity index (χ4v) is 7.25. The van der Waals surface area contributed by atoms with Gasteiger partial charge in [-0.1, -0.05) is 72.8 Å². The number of carbonyl (C=O) groups is 4. The Balaban J connectivity index is 0.000000249. The smallest absolute Gasteiger partial charge is 0.414 e. The van der Waals surface area contributed by atoms with Gasteiger partial charge >= 0.3 is 17.6 Å². The predicted octanol–water partition coefficient (Wildman–Crippen LogP) is 10.2. The zero-order chi connectivity index (χ0) is 50.1. The zero-order valence-corrected chi connectivity index (χ0v) is 41.4. The van der Waals surface area contributed by atoms with Crippen LogP contribution in [0.25, 0.3) is 55.7 Å². The summed E-state index contributed by atoms with van der Waals surface area (Å²) in [5.41, 5.74) is 2.48. The minimum atomic E-state index is -0.638. The molecule has 0 spiro atoms. The van der Waals surface area contributed by atoms with E-state index in [2.05, 4.69) is 20.4 Å². The van der Waals surface area contributed by atoms with Gasteiger partial charge < -0.3 is 39.3 Å². The van der Waals surface area contributed by atoms with Crippen LogP contribution in [0.2, 0.25) is 0 Å². The highest BCUT2D eigenvalue weighted by molar-refractivity contribution is 8.13. The van der Waals surface area contributed by atoms with E-state index in [1.165, 1.54) is 37.8 Å². The lowest BCUT2D eigenvalue weighted by Crippen LogP contribution is -2.26. The Labute approximate surface area is 415 Å². The molecule has 364 valence electrons. The highest BCUT2D eigenvalue weighted by Gasteiger charge is 2.25. The number of aromatic amines is 1. The molecule has 0 aliphatic heterocycles. The molecule has 22 heteroatoms. The van der Waals surface area contributed by atoms with Gasteiger partial charge in [-0.3, -0.25) is 28.5 Å². The number of nitrogens with one attached hydrogen (secondary N) is 1. The van der Waals surface area contributed by atoms with Gasteiger partial charge in [0.05, 0.1) is 22.5 Å². The molecule has 0 radical (unpaired) electrons. The summed E-state index contributed by atoms with van der Waals surface area (Å²) < 4.78 is 15.0. The predicted molar refractivity (Wildman–Crippen MR) is 271 cm³/mol. The van der Waals surface area contributed by atoms with E-state index in [1.54, 1.807) is 83.7 Å². The van der Waals surface area contributed by atoms with Gasteiger partial charge in [-0.05, 0) is 71.0 Å². The van der Waals surface area contributed by atoms with E-state index in [4.69, 9.17) is 33.3 Å². The molecule has 70 heavy (non-hydrogen) atoms. The maximum absolute atomic E-state index is 12.7. The number of aromatic nitrogens is 6. The molecule has 0 atom stereocenters. The van der Waals surface area contributed by atoms with Gasteiger partial charge in [-0.2, -0.15) is 5.10 Å². The highest BCUT2D eigenvalue weighted by Crippen LogP contribution is 2.39. The lowest BCUT2D eigenvalue weighted by atomic mass is 10.1. The van der Waals surface area contributed by atoms with Crippen molar-refractivity contribution in [1.82, 2.24) is 49.1 Å². The summed E-state index contributed by atoms with van der Waals surface area (Å²) >= 11 is 11.2. The summed E-state index contributed by atoms with van der Waals surface area (Å²) in [5, 5.41) is 39.1. The molecule has 0 saturated carbocycles. The first-order valence-electron chi connectivity index (χ1n) is 20.7. The Kier molecular flexibility index (Phi) is 17.7. The fraction of sp³-hybridized carbons (Fsp3) is 0.167. The molecule has 8 aromatic rings. The number of benzene rings is 6. The molecule has 0 bridgehead atoms. The van der Waals surface area contributed by atoms with Gasteiger partial charge in [0.25, 0.3) is 5.24 Å². The number of hydrogen-bond acceptors (Lipinski definition) is 13. The third-order valence-corrected chi connectivity index (χ3v) is 11.4. The molecule has 0 aliphatic rings. The van der Waals surface area contributed by atoms with Gasteiger partial charge in [0.2, 0.25) is 5.16 Å². The number of phenols is 2. The van der Waals surface area contributed by atoms with Gasteiger partial charge in [0.15, 0.2) is 16.4 Å². The summed E-state index contributed by atoms with van der Waals surface area (Å²) in [6, 6.07) is 36.6. The number of nitrogens with zero attached hydrogens (tertiary/aromatic N) is 9. The van der Waals surface area contributed by atoms with E-state index in [-0.39, 0.29) is 32.9 Å². The second-order valence-electron chi connectivity index (χ2n) is 15.6. The fourth-order valence-electron chi connectivity index (χ4n) is 6.33. The van der Waals surface area contributed by atoms with E-state index < -0.39 is 17.6 Å². The summed E-state index contributed by atoms with van der Waals surface area (Å²) in [6.07, 6.45) is -1.23. The Bertz CT molecular complexity index is 3240. The van der Waals surface area contributed by atoms with Gasteiger partial charge in [0, 0.05) is 91.0 Å². The maximum Gasteiger partial charge on any atom is 0.414 e. The number of fused-ring (bicyclic) bond motifs is 2. The third-order valence-electron chi connectivity index (χ3n) is 9.77. The van der Waals surface area contributed by atoms with Crippen LogP contribution < -0.4 is 9.47 Å².